The number of hydrogen-bond donors (Lipinski definition) is 2. The Morgan fingerprint density at radius 1 is 0.829 bits per heavy atom. The van der Waals surface area contributed by atoms with Gasteiger partial charge in [-0.1, -0.05) is 32.0 Å². The van der Waals surface area contributed by atoms with Gasteiger partial charge in [0, 0.05) is 41.1 Å². The van der Waals surface area contributed by atoms with Gasteiger partial charge in [0.2, 0.25) is 5.91 Å². The van der Waals surface area contributed by atoms with Gasteiger partial charge in [-0.25, -0.2) is 0 Å². The number of fused-ring (bicyclic) bond motifs is 3. The highest BCUT2D eigenvalue weighted by Gasteiger charge is 2.38. The Morgan fingerprint density at radius 3 is 2.03 bits per heavy atom. The van der Waals surface area contributed by atoms with E-state index in [0.717, 1.165) is 42.1 Å². The van der Waals surface area contributed by atoms with E-state index in [-0.39, 0.29) is 23.7 Å². The van der Waals surface area contributed by atoms with Crippen molar-refractivity contribution in [1.29, 1.82) is 0 Å². The Kier molecular flexibility index (Phi) is 6.97. The molecule has 0 fully saturated rings. The number of hydrogen-bond acceptors (Lipinski definition) is 4. The summed E-state index contributed by atoms with van der Waals surface area (Å²) < 4.78 is 0. The fourth-order valence-corrected chi connectivity index (χ4v) is 5.06. The number of carbonyl (C=O) groups is 2. The van der Waals surface area contributed by atoms with Crippen molar-refractivity contribution in [3.8, 4) is 11.1 Å². The molecule has 0 saturated carbocycles. The fraction of sp³-hybridized carbons (Fsp3) is 0.333. The maximum absolute atomic E-state index is 12.6. The van der Waals surface area contributed by atoms with Gasteiger partial charge in [0.25, 0.3) is 0 Å². The third kappa shape index (κ3) is 4.68. The summed E-state index contributed by atoms with van der Waals surface area (Å²) in [6.45, 7) is 12.4. The van der Waals surface area contributed by atoms with E-state index in [4.69, 9.17) is 0 Å². The molecule has 182 valence electrons. The van der Waals surface area contributed by atoms with Gasteiger partial charge >= 0.3 is 0 Å². The van der Waals surface area contributed by atoms with Crippen LogP contribution in [0.4, 0.5) is 17.1 Å². The van der Waals surface area contributed by atoms with Crippen LogP contribution in [0, 0.1) is 0 Å². The Hall–Kier alpha value is -3.60. The summed E-state index contributed by atoms with van der Waals surface area (Å²) in [6, 6.07) is 20.3. The SMILES string of the molecule is CCN(CC)c1ccc(NC(=O)CNc2ccc3c(c2)C(C)(CC)c2cc(C(C)=O)ccc2-3)cc1. The summed E-state index contributed by atoms with van der Waals surface area (Å²) in [6.07, 6.45) is 0.918. The summed E-state index contributed by atoms with van der Waals surface area (Å²) in [4.78, 5) is 26.8. The number of anilines is 3. The lowest BCUT2D eigenvalue weighted by Gasteiger charge is -2.26. The second-order valence-corrected chi connectivity index (χ2v) is 9.38. The monoisotopic (exact) mass is 469 g/mol. The van der Waals surface area contributed by atoms with Gasteiger partial charge in [0.15, 0.2) is 5.78 Å². The third-order valence-electron chi connectivity index (χ3n) is 7.36. The van der Waals surface area contributed by atoms with E-state index in [1.165, 1.54) is 22.3 Å². The van der Waals surface area contributed by atoms with Crippen LogP contribution in [0.2, 0.25) is 0 Å². The molecule has 2 N–H and O–H groups in total. The smallest absolute Gasteiger partial charge is 0.243 e. The van der Waals surface area contributed by atoms with Crippen molar-refractivity contribution >= 4 is 28.8 Å². The Morgan fingerprint density at radius 2 is 1.43 bits per heavy atom. The second kappa shape index (κ2) is 9.95. The lowest BCUT2D eigenvalue weighted by Crippen LogP contribution is -2.23. The number of nitrogens with one attached hydrogen (secondary N) is 2. The zero-order chi connectivity index (χ0) is 25.2. The van der Waals surface area contributed by atoms with E-state index in [0.29, 0.717) is 0 Å². The van der Waals surface area contributed by atoms with Crippen molar-refractivity contribution in [2.24, 2.45) is 0 Å². The van der Waals surface area contributed by atoms with E-state index < -0.39 is 0 Å². The molecule has 1 aliphatic rings. The first-order chi connectivity index (χ1) is 16.8. The summed E-state index contributed by atoms with van der Waals surface area (Å²) in [5, 5.41) is 6.26. The first kappa shape index (κ1) is 24.5. The highest BCUT2D eigenvalue weighted by molar-refractivity contribution is 5.96. The Bertz CT molecular complexity index is 1240. The lowest BCUT2D eigenvalue weighted by molar-refractivity contribution is -0.114. The molecule has 0 saturated heterocycles. The maximum Gasteiger partial charge on any atom is 0.243 e. The highest BCUT2D eigenvalue weighted by Crippen LogP contribution is 2.51. The molecule has 35 heavy (non-hydrogen) atoms. The molecular weight excluding hydrogens is 434 g/mol. The molecule has 5 heteroatoms. The lowest BCUT2D eigenvalue weighted by atomic mass is 9.77. The third-order valence-corrected chi connectivity index (χ3v) is 7.36. The van der Waals surface area contributed by atoms with Gasteiger partial charge in [-0.2, -0.15) is 0 Å². The Balaban J connectivity index is 1.46. The first-order valence-electron chi connectivity index (χ1n) is 12.5. The predicted octanol–water partition coefficient (Wildman–Crippen LogP) is 6.48. The van der Waals surface area contributed by atoms with Crippen LogP contribution in [0.3, 0.4) is 0 Å². The largest absolute Gasteiger partial charge is 0.376 e. The quantitative estimate of drug-likeness (QED) is 0.352. The molecule has 0 radical (unpaired) electrons. The second-order valence-electron chi connectivity index (χ2n) is 9.38. The van der Waals surface area contributed by atoms with Crippen molar-refractivity contribution in [2.75, 3.05) is 35.2 Å². The summed E-state index contributed by atoms with van der Waals surface area (Å²) in [7, 11) is 0. The minimum absolute atomic E-state index is 0.0817. The Labute approximate surface area is 208 Å². The van der Waals surface area contributed by atoms with Gasteiger partial charge < -0.3 is 15.5 Å². The molecule has 0 bridgehead atoms. The fourth-order valence-electron chi connectivity index (χ4n) is 5.06. The molecule has 1 unspecified atom stereocenters. The molecule has 1 amide bonds. The maximum atomic E-state index is 12.6. The molecule has 3 aromatic rings. The van der Waals surface area contributed by atoms with Gasteiger partial charge in [-0.3, -0.25) is 9.59 Å². The zero-order valence-electron chi connectivity index (χ0n) is 21.4. The number of nitrogens with zero attached hydrogens (tertiary/aromatic N) is 1. The van der Waals surface area contributed by atoms with E-state index in [1.807, 2.05) is 42.5 Å². The molecule has 0 aromatic heterocycles. The molecule has 5 nitrogen and oxygen atoms in total. The number of rotatable bonds is 9. The average molecular weight is 470 g/mol. The van der Waals surface area contributed by atoms with Crippen LogP contribution in [0.1, 0.15) is 62.5 Å². The van der Waals surface area contributed by atoms with Crippen molar-refractivity contribution in [1.82, 2.24) is 0 Å². The number of Topliss-reactive ketones (excluding diaryl/α,β-unsaturated/α-hetero) is 1. The van der Waals surface area contributed by atoms with Crippen LogP contribution >= 0.6 is 0 Å². The predicted molar refractivity (Wildman–Crippen MR) is 146 cm³/mol. The van der Waals surface area contributed by atoms with Gasteiger partial charge in [-0.15, -0.1) is 0 Å². The van der Waals surface area contributed by atoms with Crippen LogP contribution in [0.25, 0.3) is 11.1 Å². The van der Waals surface area contributed by atoms with Crippen LogP contribution in [-0.4, -0.2) is 31.3 Å². The van der Waals surface area contributed by atoms with E-state index in [2.05, 4.69) is 61.4 Å². The van der Waals surface area contributed by atoms with Crippen molar-refractivity contribution in [3.05, 3.63) is 77.4 Å². The normalized spacial score (nSPS) is 15.8. The molecule has 0 heterocycles. The number of benzene rings is 3. The number of amides is 1. The molecule has 3 aromatic carbocycles. The number of carbonyl (C=O) groups excluding carboxylic acids is 2. The molecule has 1 atom stereocenters. The number of ketones is 1. The van der Waals surface area contributed by atoms with Crippen LogP contribution in [0.5, 0.6) is 0 Å². The summed E-state index contributed by atoms with van der Waals surface area (Å²) in [5.41, 5.74) is 8.24. The van der Waals surface area contributed by atoms with E-state index >= 15 is 0 Å². The van der Waals surface area contributed by atoms with Crippen LogP contribution < -0.4 is 15.5 Å². The van der Waals surface area contributed by atoms with Gasteiger partial charge in [0.1, 0.15) is 0 Å². The van der Waals surface area contributed by atoms with Crippen molar-refractivity contribution < 1.29 is 9.59 Å². The molecule has 0 aliphatic heterocycles. The zero-order valence-corrected chi connectivity index (χ0v) is 21.4. The molecule has 0 spiro atoms. The van der Waals surface area contributed by atoms with Crippen LogP contribution in [0.15, 0.2) is 60.7 Å². The van der Waals surface area contributed by atoms with Crippen LogP contribution in [-0.2, 0) is 10.2 Å². The molecule has 4 rings (SSSR count). The summed E-state index contributed by atoms with van der Waals surface area (Å²) >= 11 is 0. The minimum Gasteiger partial charge on any atom is -0.376 e. The van der Waals surface area contributed by atoms with Crippen molar-refractivity contribution in [3.63, 3.8) is 0 Å². The van der Waals surface area contributed by atoms with E-state index in [9.17, 15) is 9.59 Å². The first-order valence-corrected chi connectivity index (χ1v) is 12.5. The van der Waals surface area contributed by atoms with Gasteiger partial charge in [-0.05, 0) is 91.9 Å². The van der Waals surface area contributed by atoms with Gasteiger partial charge in [0.05, 0.1) is 6.54 Å². The van der Waals surface area contributed by atoms with E-state index in [1.54, 1.807) is 6.92 Å². The van der Waals surface area contributed by atoms with Crippen molar-refractivity contribution in [2.45, 2.75) is 46.5 Å². The highest BCUT2D eigenvalue weighted by atomic mass is 16.2. The standard InChI is InChI=1S/C30H35N3O2/c1-6-30(5)27-17-21(20(4)34)9-15-25(27)26-16-12-23(18-28(26)30)31-19-29(35)32-22-10-13-24(14-11-22)33(7-2)8-3/h9-18,31H,6-8,19H2,1-5H3,(H,32,35). The molecular formula is C30H35N3O2. The molecule has 1 aliphatic carbocycles. The average Bonchev–Trinajstić information content (AvgIpc) is 3.12. The topological polar surface area (TPSA) is 61.4 Å². The minimum atomic E-state index is -0.178. The summed E-state index contributed by atoms with van der Waals surface area (Å²) in [5.74, 6) is -0.00741.